The number of nitrogens with one attached hydrogen (secondary N) is 1. The molecular formula is C38H41N5O6. The quantitative estimate of drug-likeness (QED) is 0.208. The zero-order chi connectivity index (χ0) is 34.3. The zero-order valence-corrected chi connectivity index (χ0v) is 27.5. The van der Waals surface area contributed by atoms with Crippen LogP contribution in [0, 0.1) is 0 Å². The van der Waals surface area contributed by atoms with Crippen LogP contribution in [0.2, 0.25) is 0 Å². The summed E-state index contributed by atoms with van der Waals surface area (Å²) in [7, 11) is 1.60. The van der Waals surface area contributed by atoms with Crippen LogP contribution in [0.4, 0.5) is 4.79 Å². The third-order valence-corrected chi connectivity index (χ3v) is 8.97. The van der Waals surface area contributed by atoms with Gasteiger partial charge in [0.1, 0.15) is 30.3 Å². The molecule has 4 aromatic carbocycles. The van der Waals surface area contributed by atoms with E-state index in [1.165, 1.54) is 5.01 Å². The molecule has 0 spiro atoms. The lowest BCUT2D eigenvalue weighted by molar-refractivity contribution is -0.157. The maximum Gasteiger partial charge on any atom is 0.332 e. The van der Waals surface area contributed by atoms with Crippen LogP contribution in [0.5, 0.6) is 11.5 Å². The highest BCUT2D eigenvalue weighted by molar-refractivity contribution is 5.92. The van der Waals surface area contributed by atoms with E-state index in [2.05, 4.69) is 11.9 Å². The summed E-state index contributed by atoms with van der Waals surface area (Å²) in [5, 5.41) is 17.5. The fourth-order valence-corrected chi connectivity index (χ4v) is 6.57. The summed E-state index contributed by atoms with van der Waals surface area (Å²) in [4.78, 5) is 45.3. The number of rotatable bonds is 13. The van der Waals surface area contributed by atoms with Gasteiger partial charge in [-0.25, -0.2) is 4.79 Å². The standard InChI is InChI=1S/C38H41N5O6/c1-3-19-41(38(47)39-23-28-13-15-31(48-2)16-14-28)42-26-36(45)43-34(22-27-11-17-32(18-12-27)49-21-20-44)37(46)40(25-35(42)43)24-30-9-6-8-29-7-4-5-10-33(29)30/h3-18,34-35,44H,1,19-26H2,2H3,(H,39,47)/t34-,35?/m0/s1. The van der Waals surface area contributed by atoms with Crippen molar-refractivity contribution < 1.29 is 29.0 Å². The highest BCUT2D eigenvalue weighted by atomic mass is 16.5. The monoisotopic (exact) mass is 663 g/mol. The topological polar surface area (TPSA) is 115 Å². The highest BCUT2D eigenvalue weighted by Gasteiger charge is 2.52. The van der Waals surface area contributed by atoms with Crippen molar-refractivity contribution in [3.05, 3.63) is 120 Å². The molecule has 11 heteroatoms. The van der Waals surface area contributed by atoms with Gasteiger partial charge in [0, 0.05) is 19.5 Å². The summed E-state index contributed by atoms with van der Waals surface area (Å²) in [6.07, 6.45) is 1.33. The molecule has 0 bridgehead atoms. The predicted octanol–water partition coefficient (Wildman–Crippen LogP) is 3.96. The molecule has 0 aliphatic carbocycles. The largest absolute Gasteiger partial charge is 0.497 e. The van der Waals surface area contributed by atoms with E-state index in [0.717, 1.165) is 33.2 Å². The normalized spacial score (nSPS) is 17.6. The highest BCUT2D eigenvalue weighted by Crippen LogP contribution is 2.31. The van der Waals surface area contributed by atoms with Gasteiger partial charge in [-0.1, -0.05) is 72.8 Å². The van der Waals surface area contributed by atoms with Gasteiger partial charge in [-0.3, -0.25) is 14.6 Å². The van der Waals surface area contributed by atoms with E-state index >= 15 is 0 Å². The average Bonchev–Trinajstić information content (AvgIpc) is 3.46. The lowest BCUT2D eigenvalue weighted by Crippen LogP contribution is -2.66. The van der Waals surface area contributed by atoms with Crippen molar-refractivity contribution in [3.63, 3.8) is 0 Å². The molecule has 4 aromatic rings. The molecule has 2 atom stereocenters. The molecule has 2 N–H and O–H groups in total. The van der Waals surface area contributed by atoms with Crippen LogP contribution in [0.15, 0.2) is 104 Å². The molecule has 6 rings (SSSR count). The third kappa shape index (κ3) is 7.38. The van der Waals surface area contributed by atoms with Gasteiger partial charge in [-0.2, -0.15) is 5.01 Å². The van der Waals surface area contributed by atoms with Gasteiger partial charge in [-0.15, -0.1) is 6.58 Å². The summed E-state index contributed by atoms with van der Waals surface area (Å²) in [6, 6.07) is 27.7. The molecule has 49 heavy (non-hydrogen) atoms. The van der Waals surface area contributed by atoms with Gasteiger partial charge in [0.25, 0.3) is 0 Å². The van der Waals surface area contributed by atoms with Crippen LogP contribution < -0.4 is 14.8 Å². The van der Waals surface area contributed by atoms with Crippen molar-refractivity contribution in [1.82, 2.24) is 25.1 Å². The summed E-state index contributed by atoms with van der Waals surface area (Å²) in [5.41, 5.74) is 2.75. The molecule has 2 aliphatic heterocycles. The number of aliphatic hydroxyl groups excluding tert-OH is 1. The summed E-state index contributed by atoms with van der Waals surface area (Å²) < 4.78 is 10.8. The molecule has 0 aromatic heterocycles. The molecule has 2 fully saturated rings. The molecule has 4 amide bonds. The fraction of sp³-hybridized carbons (Fsp3) is 0.289. The fourth-order valence-electron chi connectivity index (χ4n) is 6.57. The molecular weight excluding hydrogens is 622 g/mol. The molecule has 2 saturated heterocycles. The van der Waals surface area contributed by atoms with Crippen LogP contribution in [0.3, 0.4) is 0 Å². The predicted molar refractivity (Wildman–Crippen MR) is 185 cm³/mol. The van der Waals surface area contributed by atoms with E-state index in [-0.39, 0.29) is 63.7 Å². The number of methoxy groups -OCH3 is 1. The molecule has 1 unspecified atom stereocenters. The second kappa shape index (κ2) is 15.2. The van der Waals surface area contributed by atoms with E-state index in [1.54, 1.807) is 40.1 Å². The minimum absolute atomic E-state index is 0.0612. The Kier molecular flexibility index (Phi) is 10.4. The van der Waals surface area contributed by atoms with Crippen molar-refractivity contribution in [3.8, 4) is 11.5 Å². The first-order valence-corrected chi connectivity index (χ1v) is 16.3. The van der Waals surface area contributed by atoms with Gasteiger partial charge in [0.15, 0.2) is 0 Å². The number of urea groups is 1. The molecule has 2 heterocycles. The number of amides is 4. The lowest BCUT2D eigenvalue weighted by atomic mass is 9.99. The van der Waals surface area contributed by atoms with E-state index in [0.29, 0.717) is 12.3 Å². The Bertz CT molecular complexity index is 1790. The number of ether oxygens (including phenoxy) is 2. The molecule has 11 nitrogen and oxygen atoms in total. The molecule has 2 aliphatic rings. The Hall–Kier alpha value is -5.39. The summed E-state index contributed by atoms with van der Waals surface area (Å²) in [6.45, 7) is 4.91. The van der Waals surface area contributed by atoms with Gasteiger partial charge in [0.2, 0.25) is 11.8 Å². The van der Waals surface area contributed by atoms with Crippen LogP contribution in [0.1, 0.15) is 16.7 Å². The minimum Gasteiger partial charge on any atom is -0.497 e. The van der Waals surface area contributed by atoms with Crippen LogP contribution in [-0.2, 0) is 29.1 Å². The summed E-state index contributed by atoms with van der Waals surface area (Å²) >= 11 is 0. The zero-order valence-electron chi connectivity index (χ0n) is 27.5. The Balaban J connectivity index is 1.29. The summed E-state index contributed by atoms with van der Waals surface area (Å²) in [5.74, 6) is 0.944. The second-order valence-corrected chi connectivity index (χ2v) is 12.0. The first-order chi connectivity index (χ1) is 23.9. The maximum atomic E-state index is 14.4. The van der Waals surface area contributed by atoms with Gasteiger partial charge in [0.05, 0.1) is 33.4 Å². The number of hydrazine groups is 1. The van der Waals surface area contributed by atoms with Crippen molar-refractivity contribution in [1.29, 1.82) is 0 Å². The van der Waals surface area contributed by atoms with Crippen molar-refractivity contribution in [2.75, 3.05) is 40.0 Å². The number of carbonyl (C=O) groups is 3. The number of nitrogens with zero attached hydrogens (tertiary/aromatic N) is 4. The number of piperazine rings is 1. The van der Waals surface area contributed by atoms with Gasteiger partial charge < -0.3 is 29.7 Å². The smallest absolute Gasteiger partial charge is 0.332 e. The number of hydrogen-bond acceptors (Lipinski definition) is 7. The number of fused-ring (bicyclic) bond motifs is 2. The van der Waals surface area contributed by atoms with Crippen molar-refractivity contribution >= 4 is 28.6 Å². The Morgan fingerprint density at radius 3 is 2.43 bits per heavy atom. The molecule has 0 radical (unpaired) electrons. The Morgan fingerprint density at radius 2 is 1.69 bits per heavy atom. The minimum atomic E-state index is -0.789. The third-order valence-electron chi connectivity index (χ3n) is 8.97. The molecule has 254 valence electrons. The number of carbonyl (C=O) groups excluding carboxylic acids is 3. The molecule has 0 saturated carbocycles. The SMILES string of the molecule is C=CCN(C(=O)NCc1ccc(OC)cc1)N1CC(=O)N2C1CN(Cc1cccc3ccccc13)C(=O)[C@@H]2Cc1ccc(OCCO)cc1. The number of aliphatic hydroxyl groups is 1. The number of benzene rings is 4. The van der Waals surface area contributed by atoms with Crippen LogP contribution in [0.25, 0.3) is 10.8 Å². The van der Waals surface area contributed by atoms with Crippen molar-refractivity contribution in [2.45, 2.75) is 31.7 Å². The van der Waals surface area contributed by atoms with Gasteiger partial charge in [-0.05, 0) is 51.7 Å². The number of hydrogen-bond donors (Lipinski definition) is 2. The van der Waals surface area contributed by atoms with Crippen molar-refractivity contribution in [2.24, 2.45) is 0 Å². The van der Waals surface area contributed by atoms with E-state index in [9.17, 15) is 14.4 Å². The second-order valence-electron chi connectivity index (χ2n) is 12.0. The maximum absolute atomic E-state index is 14.4. The van der Waals surface area contributed by atoms with E-state index < -0.39 is 12.2 Å². The Morgan fingerprint density at radius 1 is 0.980 bits per heavy atom. The average molecular weight is 664 g/mol. The van der Waals surface area contributed by atoms with Crippen LogP contribution >= 0.6 is 0 Å². The first-order valence-electron chi connectivity index (χ1n) is 16.3. The van der Waals surface area contributed by atoms with Crippen LogP contribution in [-0.4, -0.2) is 94.9 Å². The Labute approximate surface area is 285 Å². The van der Waals surface area contributed by atoms with E-state index in [4.69, 9.17) is 14.6 Å². The van der Waals surface area contributed by atoms with Gasteiger partial charge >= 0.3 is 6.03 Å². The van der Waals surface area contributed by atoms with E-state index in [1.807, 2.05) is 78.9 Å². The first kappa shape index (κ1) is 33.5. The lowest BCUT2D eigenvalue weighted by Gasteiger charge is -2.46.